The van der Waals surface area contributed by atoms with E-state index in [1.807, 2.05) is 0 Å². The van der Waals surface area contributed by atoms with Crippen LogP contribution in [-0.4, -0.2) is 17.5 Å². The number of carbonyl (C=O) groups excluding carboxylic acids is 1. The van der Waals surface area contributed by atoms with Gasteiger partial charge in [0.15, 0.2) is 0 Å². The molecule has 1 fully saturated rings. The molecule has 0 unspecified atom stereocenters. The van der Waals surface area contributed by atoms with E-state index in [0.29, 0.717) is 17.9 Å². The number of esters is 1. The number of nitro benzene ring substituents is 1. The summed E-state index contributed by atoms with van der Waals surface area (Å²) < 4.78 is 4.89. The van der Waals surface area contributed by atoms with E-state index in [-0.39, 0.29) is 22.9 Å². The topological polar surface area (TPSA) is 69.4 Å². The number of nitrogens with zero attached hydrogens (tertiary/aromatic N) is 1. The average molecular weight is 326 g/mol. The van der Waals surface area contributed by atoms with Crippen LogP contribution in [0.1, 0.15) is 54.9 Å². The van der Waals surface area contributed by atoms with Crippen LogP contribution in [0, 0.1) is 16.0 Å². The van der Waals surface area contributed by atoms with E-state index in [1.165, 1.54) is 25.3 Å². The number of halogens is 1. The fourth-order valence-corrected chi connectivity index (χ4v) is 3.27. The molecule has 1 aromatic rings. The monoisotopic (exact) mass is 325 g/mol. The molecule has 0 N–H and O–H groups in total. The van der Waals surface area contributed by atoms with Crippen molar-refractivity contribution in [2.45, 2.75) is 45.4 Å². The predicted molar refractivity (Wildman–Crippen MR) is 84.3 cm³/mol. The molecule has 120 valence electrons. The van der Waals surface area contributed by atoms with Gasteiger partial charge < -0.3 is 4.74 Å². The van der Waals surface area contributed by atoms with Crippen LogP contribution >= 0.6 is 11.6 Å². The minimum absolute atomic E-state index is 0.0435. The third kappa shape index (κ3) is 3.97. The molecule has 0 bridgehead atoms. The van der Waals surface area contributed by atoms with Crippen molar-refractivity contribution in [2.24, 2.45) is 5.92 Å². The van der Waals surface area contributed by atoms with Gasteiger partial charge in [0.2, 0.25) is 0 Å². The molecule has 1 aliphatic carbocycles. The first-order valence-electron chi connectivity index (χ1n) is 7.66. The van der Waals surface area contributed by atoms with E-state index in [0.717, 1.165) is 12.8 Å². The second kappa shape index (κ2) is 7.58. The Hall–Kier alpha value is -1.62. The highest BCUT2D eigenvalue weighted by Crippen LogP contribution is 2.33. The van der Waals surface area contributed by atoms with E-state index >= 15 is 0 Å². The van der Waals surface area contributed by atoms with Gasteiger partial charge in [0.05, 0.1) is 22.1 Å². The summed E-state index contributed by atoms with van der Waals surface area (Å²) >= 11 is 6.13. The molecule has 0 radical (unpaired) electrons. The highest BCUT2D eigenvalue weighted by molar-refractivity contribution is 6.33. The number of rotatable bonds is 5. The molecular formula is C16H20ClNO4. The van der Waals surface area contributed by atoms with Crippen LogP contribution in [0.3, 0.4) is 0 Å². The molecule has 1 aliphatic rings. The van der Waals surface area contributed by atoms with E-state index in [1.54, 1.807) is 13.0 Å². The lowest BCUT2D eigenvalue weighted by Gasteiger charge is -2.21. The van der Waals surface area contributed by atoms with Crippen molar-refractivity contribution >= 4 is 23.3 Å². The van der Waals surface area contributed by atoms with Gasteiger partial charge in [0, 0.05) is 11.6 Å². The number of ether oxygens (including phenoxy) is 1. The van der Waals surface area contributed by atoms with Crippen LogP contribution < -0.4 is 0 Å². The van der Waals surface area contributed by atoms with Crippen LogP contribution in [0.25, 0.3) is 0 Å². The maximum Gasteiger partial charge on any atom is 0.339 e. The van der Waals surface area contributed by atoms with Crippen LogP contribution in [0.15, 0.2) is 12.1 Å². The maximum absolute atomic E-state index is 11.8. The van der Waals surface area contributed by atoms with Crippen LogP contribution in [0.2, 0.25) is 5.02 Å². The molecule has 22 heavy (non-hydrogen) atoms. The molecule has 1 aromatic carbocycles. The lowest BCUT2D eigenvalue weighted by Crippen LogP contribution is -2.12. The lowest BCUT2D eigenvalue weighted by molar-refractivity contribution is -0.385. The molecule has 0 heterocycles. The minimum Gasteiger partial charge on any atom is -0.462 e. The van der Waals surface area contributed by atoms with Gasteiger partial charge in [-0.15, -0.1) is 0 Å². The Bertz CT molecular complexity index is 568. The van der Waals surface area contributed by atoms with E-state index < -0.39 is 10.9 Å². The molecule has 2 rings (SSSR count). The Morgan fingerprint density at radius 2 is 2.05 bits per heavy atom. The van der Waals surface area contributed by atoms with Crippen LogP contribution in [-0.2, 0) is 11.2 Å². The smallest absolute Gasteiger partial charge is 0.339 e. The standard InChI is InChI=1S/C16H20ClNO4/c1-2-22-16(19)13-10-15(18(20)21)12(9-14(13)17)8-11-6-4-3-5-7-11/h9-11H,2-8H2,1H3. The van der Waals surface area contributed by atoms with Gasteiger partial charge in [0.1, 0.15) is 0 Å². The Morgan fingerprint density at radius 3 is 2.64 bits per heavy atom. The fraction of sp³-hybridized carbons (Fsp3) is 0.562. The third-order valence-corrected chi connectivity index (χ3v) is 4.41. The van der Waals surface area contributed by atoms with Crippen LogP contribution in [0.5, 0.6) is 0 Å². The Labute approximate surface area is 134 Å². The molecule has 0 atom stereocenters. The molecule has 0 spiro atoms. The number of nitro groups is 1. The molecule has 0 aliphatic heterocycles. The highest BCUT2D eigenvalue weighted by atomic mass is 35.5. The zero-order chi connectivity index (χ0) is 16.1. The highest BCUT2D eigenvalue weighted by Gasteiger charge is 2.24. The number of hydrogen-bond donors (Lipinski definition) is 0. The lowest BCUT2D eigenvalue weighted by atomic mass is 9.84. The Kier molecular flexibility index (Phi) is 5.77. The third-order valence-electron chi connectivity index (χ3n) is 4.09. The summed E-state index contributed by atoms with van der Waals surface area (Å²) in [4.78, 5) is 22.7. The predicted octanol–water partition coefficient (Wildman–Crippen LogP) is 4.55. The first-order valence-corrected chi connectivity index (χ1v) is 8.04. The summed E-state index contributed by atoms with van der Waals surface area (Å²) in [6.45, 7) is 1.88. The van der Waals surface area contributed by atoms with Gasteiger partial charge in [-0.05, 0) is 25.3 Å². The van der Waals surface area contributed by atoms with Gasteiger partial charge in [-0.25, -0.2) is 4.79 Å². The van der Waals surface area contributed by atoms with E-state index in [4.69, 9.17) is 16.3 Å². The zero-order valence-electron chi connectivity index (χ0n) is 12.6. The minimum atomic E-state index is -0.625. The average Bonchev–Trinajstić information content (AvgIpc) is 2.48. The molecule has 6 heteroatoms. The normalized spacial score (nSPS) is 15.5. The number of hydrogen-bond acceptors (Lipinski definition) is 4. The Balaban J connectivity index is 2.30. The second-order valence-electron chi connectivity index (χ2n) is 5.65. The second-order valence-corrected chi connectivity index (χ2v) is 6.05. The van der Waals surface area contributed by atoms with Gasteiger partial charge in [-0.2, -0.15) is 0 Å². The summed E-state index contributed by atoms with van der Waals surface area (Å²) in [5, 5.41) is 11.5. The number of carbonyl (C=O) groups is 1. The quantitative estimate of drug-likeness (QED) is 0.452. The zero-order valence-corrected chi connectivity index (χ0v) is 13.4. The summed E-state index contributed by atoms with van der Waals surface area (Å²) in [5.41, 5.74) is 0.621. The Morgan fingerprint density at radius 1 is 1.36 bits per heavy atom. The van der Waals surface area contributed by atoms with Crippen molar-refractivity contribution in [3.63, 3.8) is 0 Å². The van der Waals surface area contributed by atoms with E-state index in [9.17, 15) is 14.9 Å². The molecule has 0 amide bonds. The van der Waals surface area contributed by atoms with Gasteiger partial charge >= 0.3 is 5.97 Å². The van der Waals surface area contributed by atoms with Gasteiger partial charge in [0.25, 0.3) is 5.69 Å². The summed E-state index contributed by atoms with van der Waals surface area (Å²) in [7, 11) is 0. The van der Waals surface area contributed by atoms with Crippen molar-refractivity contribution in [1.29, 1.82) is 0 Å². The van der Waals surface area contributed by atoms with Gasteiger partial charge in [-0.3, -0.25) is 10.1 Å². The first-order chi connectivity index (χ1) is 10.5. The SMILES string of the molecule is CCOC(=O)c1cc([N+](=O)[O-])c(CC2CCCCC2)cc1Cl. The van der Waals surface area contributed by atoms with Crippen molar-refractivity contribution in [3.8, 4) is 0 Å². The number of benzene rings is 1. The summed E-state index contributed by atoms with van der Waals surface area (Å²) in [6, 6.07) is 2.80. The molecule has 1 saturated carbocycles. The maximum atomic E-state index is 11.8. The van der Waals surface area contributed by atoms with E-state index in [2.05, 4.69) is 0 Å². The largest absolute Gasteiger partial charge is 0.462 e. The van der Waals surface area contributed by atoms with Crippen molar-refractivity contribution in [1.82, 2.24) is 0 Å². The van der Waals surface area contributed by atoms with Crippen molar-refractivity contribution in [3.05, 3.63) is 38.4 Å². The van der Waals surface area contributed by atoms with Crippen molar-refractivity contribution in [2.75, 3.05) is 6.61 Å². The fourth-order valence-electron chi connectivity index (χ4n) is 3.00. The summed E-state index contributed by atoms with van der Waals surface area (Å²) in [5.74, 6) is -0.170. The molecular weight excluding hydrogens is 306 g/mol. The molecule has 0 saturated heterocycles. The molecule has 5 nitrogen and oxygen atoms in total. The van der Waals surface area contributed by atoms with Crippen molar-refractivity contribution < 1.29 is 14.5 Å². The molecule has 0 aromatic heterocycles. The first kappa shape index (κ1) is 16.7. The van der Waals surface area contributed by atoms with Crippen LogP contribution in [0.4, 0.5) is 5.69 Å². The summed E-state index contributed by atoms with van der Waals surface area (Å²) in [6.07, 6.45) is 6.41. The van der Waals surface area contributed by atoms with Gasteiger partial charge in [-0.1, -0.05) is 43.7 Å².